The minimum absolute atomic E-state index is 0.0325. The molecule has 5 heteroatoms. The minimum Gasteiger partial charge on any atom is -0.379 e. The third kappa shape index (κ3) is 3.96. The Balaban J connectivity index is 1.95. The number of anilines is 1. The van der Waals surface area contributed by atoms with Gasteiger partial charge in [-0.15, -0.1) is 0 Å². The van der Waals surface area contributed by atoms with Gasteiger partial charge in [0, 0.05) is 17.6 Å². The largest absolute Gasteiger partial charge is 0.379 e. The summed E-state index contributed by atoms with van der Waals surface area (Å²) >= 11 is 5.78. The van der Waals surface area contributed by atoms with Gasteiger partial charge in [-0.3, -0.25) is 10.1 Å². The standard InChI is InChI=1S/C14H17ClN2O2/c15-12-6-7-13(14(10-12)17(18)19)16-9-8-11-4-2-1-3-5-11/h4,6-7,10,16H,1-3,5,8-9H2. The summed E-state index contributed by atoms with van der Waals surface area (Å²) in [5.41, 5.74) is 2.02. The van der Waals surface area contributed by atoms with Crippen molar-refractivity contribution in [3.8, 4) is 0 Å². The van der Waals surface area contributed by atoms with Gasteiger partial charge >= 0.3 is 0 Å². The molecule has 0 amide bonds. The van der Waals surface area contributed by atoms with Gasteiger partial charge in [-0.25, -0.2) is 0 Å². The van der Waals surface area contributed by atoms with Crippen molar-refractivity contribution in [1.82, 2.24) is 0 Å². The molecule has 1 N–H and O–H groups in total. The van der Waals surface area contributed by atoms with Gasteiger partial charge in [0.2, 0.25) is 0 Å². The lowest BCUT2D eigenvalue weighted by Crippen LogP contribution is -2.06. The van der Waals surface area contributed by atoms with Crippen LogP contribution < -0.4 is 5.32 Å². The molecule has 0 radical (unpaired) electrons. The molecule has 0 saturated carbocycles. The fourth-order valence-corrected chi connectivity index (χ4v) is 2.46. The van der Waals surface area contributed by atoms with E-state index in [1.165, 1.54) is 24.5 Å². The lowest BCUT2D eigenvalue weighted by Gasteiger charge is -2.13. The van der Waals surface area contributed by atoms with Crippen molar-refractivity contribution < 1.29 is 4.92 Å². The van der Waals surface area contributed by atoms with Gasteiger partial charge in [-0.1, -0.05) is 23.3 Å². The topological polar surface area (TPSA) is 55.2 Å². The highest BCUT2D eigenvalue weighted by Crippen LogP contribution is 2.28. The number of nitrogens with zero attached hydrogens (tertiary/aromatic N) is 1. The molecule has 0 aromatic heterocycles. The molecule has 0 unspecified atom stereocenters. The van der Waals surface area contributed by atoms with Crippen molar-refractivity contribution in [2.24, 2.45) is 0 Å². The van der Waals surface area contributed by atoms with Gasteiger partial charge in [0.05, 0.1) is 4.92 Å². The van der Waals surface area contributed by atoms with Gasteiger partial charge < -0.3 is 5.32 Å². The molecule has 19 heavy (non-hydrogen) atoms. The maximum atomic E-state index is 10.9. The average Bonchev–Trinajstić information content (AvgIpc) is 2.41. The van der Waals surface area contributed by atoms with Crippen molar-refractivity contribution in [3.05, 3.63) is 45.0 Å². The Hall–Kier alpha value is -1.55. The molecule has 0 aliphatic heterocycles. The van der Waals surface area contributed by atoms with Crippen molar-refractivity contribution >= 4 is 23.0 Å². The zero-order valence-electron chi connectivity index (χ0n) is 10.7. The van der Waals surface area contributed by atoms with Crippen LogP contribution in [0.2, 0.25) is 5.02 Å². The Morgan fingerprint density at radius 1 is 1.37 bits per heavy atom. The van der Waals surface area contributed by atoms with Crippen LogP contribution in [0.4, 0.5) is 11.4 Å². The van der Waals surface area contributed by atoms with Gasteiger partial charge in [0.25, 0.3) is 5.69 Å². The number of benzene rings is 1. The highest BCUT2D eigenvalue weighted by atomic mass is 35.5. The molecule has 0 atom stereocenters. The summed E-state index contributed by atoms with van der Waals surface area (Å²) in [6, 6.07) is 4.70. The number of hydrogen-bond donors (Lipinski definition) is 1. The van der Waals surface area contributed by atoms with Crippen LogP contribution in [0.15, 0.2) is 29.8 Å². The Morgan fingerprint density at radius 2 is 2.21 bits per heavy atom. The van der Waals surface area contributed by atoms with E-state index in [0.717, 1.165) is 19.3 Å². The van der Waals surface area contributed by atoms with Crippen LogP contribution in [0.1, 0.15) is 32.1 Å². The normalized spacial score (nSPS) is 14.9. The van der Waals surface area contributed by atoms with Crippen LogP contribution in [-0.2, 0) is 0 Å². The molecule has 1 aromatic carbocycles. The first-order chi connectivity index (χ1) is 9.16. The Labute approximate surface area is 117 Å². The van der Waals surface area contributed by atoms with Crippen molar-refractivity contribution in [2.75, 3.05) is 11.9 Å². The molecule has 0 heterocycles. The molecule has 2 rings (SSSR count). The Kier molecular flexibility index (Phi) is 4.80. The second kappa shape index (κ2) is 6.57. The second-order valence-corrected chi connectivity index (χ2v) is 5.14. The van der Waals surface area contributed by atoms with Crippen LogP contribution in [0.5, 0.6) is 0 Å². The third-order valence-corrected chi connectivity index (χ3v) is 3.54. The van der Waals surface area contributed by atoms with E-state index in [1.54, 1.807) is 12.1 Å². The molecule has 102 valence electrons. The van der Waals surface area contributed by atoms with Gasteiger partial charge in [-0.05, 0) is 44.2 Å². The van der Waals surface area contributed by atoms with E-state index in [4.69, 9.17) is 11.6 Å². The van der Waals surface area contributed by atoms with E-state index < -0.39 is 4.92 Å². The highest BCUT2D eigenvalue weighted by Gasteiger charge is 2.14. The Morgan fingerprint density at radius 3 is 2.89 bits per heavy atom. The predicted molar refractivity (Wildman–Crippen MR) is 77.8 cm³/mol. The molecule has 0 fully saturated rings. The number of nitro groups is 1. The minimum atomic E-state index is -0.409. The number of nitrogens with one attached hydrogen (secondary N) is 1. The maximum Gasteiger partial charge on any atom is 0.293 e. The maximum absolute atomic E-state index is 10.9. The summed E-state index contributed by atoms with van der Waals surface area (Å²) in [4.78, 5) is 10.5. The molecule has 0 spiro atoms. The number of halogens is 1. The van der Waals surface area contributed by atoms with Crippen LogP contribution >= 0.6 is 11.6 Å². The van der Waals surface area contributed by atoms with Gasteiger partial charge in [0.1, 0.15) is 5.69 Å². The van der Waals surface area contributed by atoms with E-state index in [2.05, 4.69) is 11.4 Å². The summed E-state index contributed by atoms with van der Waals surface area (Å²) in [5, 5.41) is 14.4. The third-order valence-electron chi connectivity index (χ3n) is 3.30. The van der Waals surface area contributed by atoms with E-state index in [1.807, 2.05) is 0 Å². The number of rotatable bonds is 5. The molecular formula is C14H17ClN2O2. The molecule has 0 bridgehead atoms. The molecule has 1 aliphatic rings. The summed E-state index contributed by atoms with van der Waals surface area (Å²) < 4.78 is 0. The van der Waals surface area contributed by atoms with E-state index >= 15 is 0 Å². The highest BCUT2D eigenvalue weighted by molar-refractivity contribution is 6.30. The van der Waals surface area contributed by atoms with Crippen LogP contribution in [0, 0.1) is 10.1 Å². The monoisotopic (exact) mass is 280 g/mol. The van der Waals surface area contributed by atoms with Gasteiger partial charge in [-0.2, -0.15) is 0 Å². The van der Waals surface area contributed by atoms with Crippen LogP contribution in [0.3, 0.4) is 0 Å². The average molecular weight is 281 g/mol. The zero-order chi connectivity index (χ0) is 13.7. The second-order valence-electron chi connectivity index (χ2n) is 4.70. The quantitative estimate of drug-likeness (QED) is 0.489. The number of hydrogen-bond acceptors (Lipinski definition) is 3. The smallest absolute Gasteiger partial charge is 0.293 e. The zero-order valence-corrected chi connectivity index (χ0v) is 11.4. The van der Waals surface area contributed by atoms with Crippen molar-refractivity contribution in [1.29, 1.82) is 0 Å². The first-order valence-electron chi connectivity index (χ1n) is 6.52. The fourth-order valence-electron chi connectivity index (χ4n) is 2.29. The summed E-state index contributed by atoms with van der Waals surface area (Å²) in [6.45, 7) is 0.717. The lowest BCUT2D eigenvalue weighted by atomic mass is 9.97. The van der Waals surface area contributed by atoms with Gasteiger partial charge in [0.15, 0.2) is 0 Å². The molecule has 4 nitrogen and oxygen atoms in total. The first kappa shape index (κ1) is 13.9. The molecular weight excluding hydrogens is 264 g/mol. The van der Waals surface area contributed by atoms with Crippen LogP contribution in [-0.4, -0.2) is 11.5 Å². The summed E-state index contributed by atoms with van der Waals surface area (Å²) in [6.07, 6.45) is 8.09. The Bertz CT molecular complexity index is 500. The molecule has 1 aromatic rings. The number of nitro benzene ring substituents is 1. The lowest BCUT2D eigenvalue weighted by molar-refractivity contribution is -0.383. The summed E-state index contributed by atoms with van der Waals surface area (Å²) in [5.74, 6) is 0. The van der Waals surface area contributed by atoms with Crippen molar-refractivity contribution in [2.45, 2.75) is 32.1 Å². The fraction of sp³-hybridized carbons (Fsp3) is 0.429. The summed E-state index contributed by atoms with van der Waals surface area (Å²) in [7, 11) is 0. The van der Waals surface area contributed by atoms with Crippen molar-refractivity contribution in [3.63, 3.8) is 0 Å². The van der Waals surface area contributed by atoms with E-state index in [-0.39, 0.29) is 5.69 Å². The number of allylic oxidation sites excluding steroid dienone is 1. The van der Waals surface area contributed by atoms with E-state index in [0.29, 0.717) is 17.3 Å². The molecule has 0 saturated heterocycles. The SMILES string of the molecule is O=[N+]([O-])c1cc(Cl)ccc1NCCC1=CCCCC1. The first-order valence-corrected chi connectivity index (χ1v) is 6.90. The van der Waals surface area contributed by atoms with E-state index in [9.17, 15) is 10.1 Å². The van der Waals surface area contributed by atoms with Crippen LogP contribution in [0.25, 0.3) is 0 Å². The molecule has 1 aliphatic carbocycles. The predicted octanol–water partition coefficient (Wildman–Crippen LogP) is 4.55.